The lowest BCUT2D eigenvalue weighted by Gasteiger charge is -2.25. The van der Waals surface area contributed by atoms with Gasteiger partial charge in [-0.3, -0.25) is 14.5 Å². The predicted molar refractivity (Wildman–Crippen MR) is 62.1 cm³/mol. The molecule has 1 rings (SSSR count). The molecule has 1 aliphatic heterocycles. The highest BCUT2D eigenvalue weighted by atomic mass is 19.4. The van der Waals surface area contributed by atoms with Crippen molar-refractivity contribution in [1.82, 2.24) is 10.2 Å². The third kappa shape index (κ3) is 7.29. The highest BCUT2D eigenvalue weighted by Gasteiger charge is 2.32. The molecule has 0 bridgehead atoms. The van der Waals surface area contributed by atoms with Crippen LogP contribution in [0.3, 0.4) is 0 Å². The molecule has 0 aromatic heterocycles. The summed E-state index contributed by atoms with van der Waals surface area (Å²) in [5, 5.41) is 11.1. The lowest BCUT2D eigenvalue weighted by Crippen LogP contribution is -2.47. The molecule has 0 aromatic rings. The summed E-state index contributed by atoms with van der Waals surface area (Å²) < 4.78 is 41.9. The van der Waals surface area contributed by atoms with E-state index in [-0.39, 0.29) is 6.04 Å². The van der Waals surface area contributed by atoms with Crippen LogP contribution in [0.25, 0.3) is 0 Å². The van der Waals surface area contributed by atoms with Gasteiger partial charge in [-0.05, 0) is 12.8 Å². The third-order valence-electron chi connectivity index (χ3n) is 2.72. The summed E-state index contributed by atoms with van der Waals surface area (Å²) in [6.07, 6.45) is -3.34. The van der Waals surface area contributed by atoms with E-state index in [9.17, 15) is 22.8 Å². The van der Waals surface area contributed by atoms with Gasteiger partial charge in [0.1, 0.15) is 0 Å². The van der Waals surface area contributed by atoms with Crippen LogP contribution in [-0.4, -0.2) is 66.9 Å². The van der Waals surface area contributed by atoms with Crippen molar-refractivity contribution in [2.45, 2.75) is 25.1 Å². The monoisotopic (exact) mass is 298 g/mol. The molecule has 1 fully saturated rings. The summed E-state index contributed by atoms with van der Waals surface area (Å²) in [7, 11) is 0. The normalized spacial score (nSPS) is 17.2. The number of aliphatic carboxylic acids is 1. The van der Waals surface area contributed by atoms with E-state index in [1.807, 2.05) is 0 Å². The van der Waals surface area contributed by atoms with E-state index in [4.69, 9.17) is 9.84 Å². The summed E-state index contributed by atoms with van der Waals surface area (Å²) in [5.41, 5.74) is 0. The highest BCUT2D eigenvalue weighted by molar-refractivity contribution is 5.79. The molecule has 6 nitrogen and oxygen atoms in total. The fourth-order valence-electron chi connectivity index (χ4n) is 1.93. The number of hydrogen-bond donors (Lipinski definition) is 2. The Kier molecular flexibility index (Phi) is 6.21. The Balaban J connectivity index is 2.45. The molecular formula is C11H17F3N2O4. The first-order chi connectivity index (χ1) is 9.26. The molecule has 0 atom stereocenters. The van der Waals surface area contributed by atoms with Gasteiger partial charge in [0.25, 0.3) is 0 Å². The molecule has 1 amide bonds. The molecule has 0 radical (unpaired) electrons. The van der Waals surface area contributed by atoms with Crippen LogP contribution in [0.1, 0.15) is 12.8 Å². The van der Waals surface area contributed by atoms with Crippen molar-refractivity contribution >= 4 is 11.9 Å². The van der Waals surface area contributed by atoms with Crippen LogP contribution in [0.5, 0.6) is 0 Å². The quantitative estimate of drug-likeness (QED) is 0.734. The van der Waals surface area contributed by atoms with Crippen LogP contribution in [0.4, 0.5) is 13.2 Å². The number of alkyl halides is 3. The van der Waals surface area contributed by atoms with Crippen molar-refractivity contribution in [2.75, 3.05) is 32.8 Å². The van der Waals surface area contributed by atoms with Gasteiger partial charge in [-0.2, -0.15) is 13.2 Å². The van der Waals surface area contributed by atoms with Crippen LogP contribution in [0, 0.1) is 0 Å². The van der Waals surface area contributed by atoms with E-state index >= 15 is 0 Å². The fourth-order valence-corrected chi connectivity index (χ4v) is 1.93. The van der Waals surface area contributed by atoms with Gasteiger partial charge >= 0.3 is 12.1 Å². The van der Waals surface area contributed by atoms with Crippen LogP contribution in [-0.2, 0) is 14.3 Å². The molecule has 0 aromatic carbocycles. The molecule has 1 aliphatic rings. The second-order valence-electron chi connectivity index (χ2n) is 4.61. The van der Waals surface area contributed by atoms with Crippen molar-refractivity contribution < 1.29 is 32.6 Å². The summed E-state index contributed by atoms with van der Waals surface area (Å²) >= 11 is 0. The largest absolute Gasteiger partial charge is 0.480 e. The highest BCUT2D eigenvalue weighted by Crippen LogP contribution is 2.16. The Bertz CT molecular complexity index is 343. The molecule has 0 aliphatic carbocycles. The molecule has 0 saturated carbocycles. The minimum absolute atomic E-state index is 0.131. The van der Waals surface area contributed by atoms with E-state index in [2.05, 4.69) is 5.32 Å². The van der Waals surface area contributed by atoms with Gasteiger partial charge in [0, 0.05) is 19.3 Å². The number of amides is 1. The van der Waals surface area contributed by atoms with E-state index in [0.29, 0.717) is 31.0 Å². The number of halogens is 3. The maximum atomic E-state index is 12.3. The van der Waals surface area contributed by atoms with Crippen LogP contribution in [0.2, 0.25) is 0 Å². The minimum Gasteiger partial charge on any atom is -0.480 e. The number of carbonyl (C=O) groups is 2. The molecule has 116 valence electrons. The molecule has 0 unspecified atom stereocenters. The average Bonchev–Trinajstić information content (AvgIpc) is 2.26. The van der Waals surface area contributed by atoms with Crippen LogP contribution >= 0.6 is 0 Å². The Labute approximate surface area is 113 Å². The first kappa shape index (κ1) is 16.7. The number of rotatable bonds is 6. The van der Waals surface area contributed by atoms with Gasteiger partial charge in [0.05, 0.1) is 19.6 Å². The minimum atomic E-state index is -4.55. The van der Waals surface area contributed by atoms with Gasteiger partial charge in [0.15, 0.2) is 0 Å². The Hall–Kier alpha value is -1.35. The predicted octanol–water partition coefficient (Wildman–Crippen LogP) is 0.230. The van der Waals surface area contributed by atoms with Crippen molar-refractivity contribution in [3.63, 3.8) is 0 Å². The molecule has 9 heteroatoms. The number of carbonyl (C=O) groups excluding carboxylic acids is 1. The van der Waals surface area contributed by atoms with E-state index in [1.165, 1.54) is 0 Å². The summed E-state index contributed by atoms with van der Waals surface area (Å²) in [6.45, 7) is -1.87. The second-order valence-corrected chi connectivity index (χ2v) is 4.61. The van der Waals surface area contributed by atoms with Gasteiger partial charge in [-0.25, -0.2) is 0 Å². The molecule has 20 heavy (non-hydrogen) atoms. The van der Waals surface area contributed by atoms with E-state index < -0.39 is 37.7 Å². The number of carboxylic acid groups (broad SMARTS) is 1. The summed E-state index contributed by atoms with van der Waals surface area (Å²) in [5.74, 6) is -2.02. The Morgan fingerprint density at radius 2 is 1.85 bits per heavy atom. The zero-order chi connectivity index (χ0) is 15.2. The lowest BCUT2D eigenvalue weighted by atomic mass is 10.1. The van der Waals surface area contributed by atoms with Crippen molar-refractivity contribution in [3.05, 3.63) is 0 Å². The maximum Gasteiger partial charge on any atom is 0.401 e. The zero-order valence-electron chi connectivity index (χ0n) is 10.8. The molecule has 2 N–H and O–H groups in total. The second kappa shape index (κ2) is 7.44. The van der Waals surface area contributed by atoms with Crippen molar-refractivity contribution in [2.24, 2.45) is 0 Å². The first-order valence-electron chi connectivity index (χ1n) is 6.14. The summed E-state index contributed by atoms with van der Waals surface area (Å²) in [6, 6.07) is -0.131. The van der Waals surface area contributed by atoms with Crippen LogP contribution in [0.15, 0.2) is 0 Å². The number of ether oxygens (including phenoxy) is 1. The number of nitrogens with one attached hydrogen (secondary N) is 1. The number of hydrogen-bond acceptors (Lipinski definition) is 4. The van der Waals surface area contributed by atoms with E-state index in [0.717, 1.165) is 0 Å². The Morgan fingerprint density at radius 3 is 2.35 bits per heavy atom. The number of nitrogens with zero attached hydrogens (tertiary/aromatic N) is 1. The maximum absolute atomic E-state index is 12.3. The average molecular weight is 298 g/mol. The van der Waals surface area contributed by atoms with E-state index in [1.54, 1.807) is 0 Å². The first-order valence-corrected chi connectivity index (χ1v) is 6.14. The van der Waals surface area contributed by atoms with Gasteiger partial charge < -0.3 is 15.2 Å². The lowest BCUT2D eigenvalue weighted by molar-refractivity contribution is -0.155. The van der Waals surface area contributed by atoms with Gasteiger partial charge in [-0.15, -0.1) is 0 Å². The smallest absolute Gasteiger partial charge is 0.401 e. The summed E-state index contributed by atoms with van der Waals surface area (Å²) in [4.78, 5) is 22.7. The molecular weight excluding hydrogens is 281 g/mol. The zero-order valence-corrected chi connectivity index (χ0v) is 10.8. The van der Waals surface area contributed by atoms with Crippen molar-refractivity contribution in [1.29, 1.82) is 0 Å². The number of carboxylic acids is 1. The molecule has 1 heterocycles. The standard InChI is InChI=1S/C11H17F3N2O4/c12-11(13,14)7-16(6-10(18)19)5-9(17)15-8-1-3-20-4-2-8/h8H,1-7H2,(H,15,17)(H,18,19). The molecule has 0 spiro atoms. The topological polar surface area (TPSA) is 78.9 Å². The molecule has 1 saturated heterocycles. The van der Waals surface area contributed by atoms with Gasteiger partial charge in [-0.1, -0.05) is 0 Å². The van der Waals surface area contributed by atoms with Crippen molar-refractivity contribution in [3.8, 4) is 0 Å². The van der Waals surface area contributed by atoms with Crippen LogP contribution < -0.4 is 5.32 Å². The third-order valence-corrected chi connectivity index (χ3v) is 2.72. The SMILES string of the molecule is O=C(O)CN(CC(=O)NC1CCOCC1)CC(F)(F)F. The Morgan fingerprint density at radius 1 is 1.25 bits per heavy atom. The van der Waals surface area contributed by atoms with Gasteiger partial charge in [0.2, 0.25) is 5.91 Å². The fraction of sp³-hybridized carbons (Fsp3) is 0.818.